The topological polar surface area (TPSA) is 237 Å². The van der Waals surface area contributed by atoms with Gasteiger partial charge in [-0.1, -0.05) is 306 Å². The molecule has 0 saturated heterocycles. The molecule has 5 atom stereocenters. The summed E-state index contributed by atoms with van der Waals surface area (Å²) in [5.41, 5.74) is 20.2. The van der Waals surface area contributed by atoms with E-state index < -0.39 is 23.3 Å². The molecule has 0 aliphatic carbocycles. The number of aliphatic carboxylic acids is 1. The van der Waals surface area contributed by atoms with Crippen molar-refractivity contribution in [3.8, 4) is 22.3 Å². The fourth-order valence-corrected chi connectivity index (χ4v) is 17.1. The Balaban J connectivity index is 0.000000150. The number of para-hydroxylation sites is 2. The number of ether oxygens (including phenoxy) is 1. The van der Waals surface area contributed by atoms with Crippen molar-refractivity contribution in [1.29, 1.82) is 0 Å². The number of hydrogen-bond acceptors (Lipinski definition) is 11. The lowest BCUT2D eigenvalue weighted by Crippen LogP contribution is -2.36. The van der Waals surface area contributed by atoms with Crippen molar-refractivity contribution in [3.63, 3.8) is 0 Å². The van der Waals surface area contributed by atoms with E-state index in [9.17, 15) is 52.3 Å². The minimum Gasteiger partial charge on any atom is -0.481 e. The van der Waals surface area contributed by atoms with Gasteiger partial charge < -0.3 is 29.2 Å². The first-order chi connectivity index (χ1) is 63.9. The first kappa shape index (κ1) is 99.8. The number of nitrogens with zero attached hydrogens (tertiary/aromatic N) is 1. The summed E-state index contributed by atoms with van der Waals surface area (Å²) in [6.45, 7) is 20.6. The highest BCUT2D eigenvalue weighted by atomic mass is 35.5. The molecule has 3 aromatic heterocycles. The molecule has 15 nitrogen and oxygen atoms in total. The van der Waals surface area contributed by atoms with Crippen molar-refractivity contribution >= 4 is 114 Å². The molecule has 17 rings (SSSR count). The molecule has 0 fully saturated rings. The summed E-state index contributed by atoms with van der Waals surface area (Å²) >= 11 is 12.4. The maximum atomic E-state index is 13.9. The fourth-order valence-electron chi connectivity index (χ4n) is 16.5. The summed E-state index contributed by atoms with van der Waals surface area (Å²) in [6, 6.07) is 95.4. The van der Waals surface area contributed by atoms with Crippen LogP contribution < -0.4 is 0 Å². The highest BCUT2D eigenvalue weighted by Crippen LogP contribution is 2.43. The smallest absolute Gasteiger partial charge is 0.310 e. The molecule has 18 heteroatoms. The van der Waals surface area contributed by atoms with Crippen molar-refractivity contribution in [1.82, 2.24) is 14.5 Å². The largest absolute Gasteiger partial charge is 0.481 e. The number of fused-ring (bicyclic) bond motifs is 7. The van der Waals surface area contributed by atoms with E-state index >= 15 is 0 Å². The van der Waals surface area contributed by atoms with Gasteiger partial charge in [0.25, 0.3) is 0 Å². The number of hydrogen-bond donors (Lipinski definition) is 3. The van der Waals surface area contributed by atoms with Crippen LogP contribution in [0.15, 0.2) is 303 Å². The van der Waals surface area contributed by atoms with Crippen LogP contribution in [0, 0.1) is 5.82 Å². The highest BCUT2D eigenvalue weighted by Gasteiger charge is 2.40. The molecule has 0 amide bonds. The third kappa shape index (κ3) is 25.9. The van der Waals surface area contributed by atoms with Gasteiger partial charge in [-0.05, 0) is 184 Å². The van der Waals surface area contributed by atoms with E-state index in [0.29, 0.717) is 76.7 Å². The van der Waals surface area contributed by atoms with Crippen LogP contribution in [-0.2, 0) is 76.1 Å². The summed E-state index contributed by atoms with van der Waals surface area (Å²) in [4.78, 5) is 123. The lowest BCUT2D eigenvalue weighted by molar-refractivity contribution is -0.138. The molecule has 0 bridgehead atoms. The SMILES string of the molecule is CC(=O)C(C)c1ccc2c(c1)[nH]c1ccccc12.CC(=O)C(C)c1cccc(C(=O)c2ccccc2)c1.CC(=O)C1CCn2c(C(=O)c3ccccc3)ccc21.CC(=O)CCC(=O)c1ccc(-c2ccccc2)cc1.CC(=O)Cc1ccccc1Cc1c(Cl)cccc1Cl.CC(C(=O)O)c1ccc(-c2ccccc2)cc1F.CCc1cccc2c3c([nH]c12)C(CC)(CC(C)=O)OCC3. The monoisotopic (exact) mass is 1820 g/mol. The highest BCUT2D eigenvalue weighted by molar-refractivity contribution is 6.36. The van der Waals surface area contributed by atoms with Gasteiger partial charge in [-0.15, -0.1) is 0 Å². The van der Waals surface area contributed by atoms with Crippen LogP contribution >= 0.6 is 23.2 Å². The zero-order valence-corrected chi connectivity index (χ0v) is 78.5. The summed E-state index contributed by atoms with van der Waals surface area (Å²) < 4.78 is 22.0. The normalized spacial score (nSPS) is 13.9. The number of carbonyl (C=O) groups is 10. The van der Waals surface area contributed by atoms with Crippen molar-refractivity contribution in [2.45, 2.75) is 170 Å². The Labute approximate surface area is 787 Å². The number of ketones is 9. The Kier molecular flexibility index (Phi) is 35.5. The Bertz CT molecular complexity index is 6640. The number of carbonyl (C=O) groups excluding carboxylic acids is 9. The second-order valence-electron chi connectivity index (χ2n) is 33.7. The molecule has 5 heterocycles. The van der Waals surface area contributed by atoms with Crippen LogP contribution in [0.25, 0.3) is 55.0 Å². The van der Waals surface area contributed by atoms with Crippen LogP contribution in [-0.4, -0.2) is 84.3 Å². The first-order valence-corrected chi connectivity index (χ1v) is 45.7. The molecule has 2 aliphatic heterocycles. The third-order valence-corrected chi connectivity index (χ3v) is 25.1. The molecule has 3 N–H and O–H groups in total. The van der Waals surface area contributed by atoms with Gasteiger partial charge in [-0.25, -0.2) is 4.39 Å². The lowest BCUT2D eigenvalue weighted by Gasteiger charge is -2.36. The molecular weight excluding hydrogens is 1710 g/mol. The quantitative estimate of drug-likeness (QED) is 0.0453. The van der Waals surface area contributed by atoms with Crippen LogP contribution in [0.1, 0.15) is 230 Å². The molecular formula is C115H112Cl2FN3O12. The number of H-pyrrole nitrogens is 2. The van der Waals surface area contributed by atoms with Crippen molar-refractivity contribution in [2.75, 3.05) is 6.61 Å². The van der Waals surface area contributed by atoms with E-state index in [4.69, 9.17) is 33.0 Å². The minimum atomic E-state index is -1.03. The average molecular weight is 1820 g/mol. The molecule has 133 heavy (non-hydrogen) atoms. The predicted molar refractivity (Wildman–Crippen MR) is 531 cm³/mol. The number of halogens is 3. The second-order valence-corrected chi connectivity index (χ2v) is 34.5. The van der Waals surface area contributed by atoms with E-state index in [1.807, 2.05) is 231 Å². The Morgan fingerprint density at radius 1 is 0.474 bits per heavy atom. The standard InChI is InChI=1S/C18H23NO2.2C17H16O2.C16H14Cl2O.C16H15NO2.C16H15NO.C15H13FO2/c1-4-13-7-6-8-14-15-9-10-21-18(5-2,11-12(3)20)17(15)19-16(13)14;1-12(13(2)18)15-9-6-10-16(11-15)17(19)14-7-4-3-5-8-14;1-13(18)7-12-17(19)16-10-8-15(9-11-16)14-5-3-2-4-6-14;1-11(19)9-12-5-2-3-6-13(12)10-14-15(17)7-4-8-16(14)18;1-11(18)13-9-10-17-14(13)7-8-15(17)16(19)12-5-3-2-4-6-12;1-10(11(2)18)12-7-8-14-13-5-3-4-6-15(13)17-16(14)9-12;1-10(15(17)18)13-8-7-12(9-14(13)16)11-5-3-2-4-6-11/h6-8,19H,4-5,9-11H2,1-3H3;3-12H,1-2H3;2-6,8-11H,7,12H2,1H3;2-8H,9-10H2,1H3;2-8,13H,9-10H2,1H3;3-10,17H,1-2H3;2-10H,1H3,(H,17,18). The zero-order valence-electron chi connectivity index (χ0n) is 77.0. The maximum absolute atomic E-state index is 13.9. The Morgan fingerprint density at radius 3 is 1.58 bits per heavy atom. The molecule has 15 aromatic rings. The van der Waals surface area contributed by atoms with Gasteiger partial charge >= 0.3 is 5.97 Å². The fraction of sp³-hybridized carbons (Fsp3) is 0.235. The van der Waals surface area contributed by atoms with Crippen molar-refractivity contribution < 1.29 is 62.2 Å². The summed E-state index contributed by atoms with van der Waals surface area (Å²) in [7, 11) is 0. The molecule has 0 saturated carbocycles. The maximum Gasteiger partial charge on any atom is 0.310 e. The van der Waals surface area contributed by atoms with Crippen LogP contribution in [0.5, 0.6) is 0 Å². The number of carboxylic acids is 1. The Morgan fingerprint density at radius 2 is 1.00 bits per heavy atom. The van der Waals surface area contributed by atoms with Gasteiger partial charge in [-0.3, -0.25) is 43.2 Å². The van der Waals surface area contributed by atoms with Crippen molar-refractivity contribution in [3.05, 3.63) is 403 Å². The molecule has 0 radical (unpaired) electrons. The summed E-state index contributed by atoms with van der Waals surface area (Å²) in [5, 5.41) is 13.9. The van der Waals surface area contributed by atoms with Crippen molar-refractivity contribution in [2.24, 2.45) is 0 Å². The lowest BCUT2D eigenvalue weighted by atomic mass is 9.85. The van der Waals surface area contributed by atoms with E-state index in [0.717, 1.165) is 105 Å². The van der Waals surface area contributed by atoms with Crippen LogP contribution in [0.4, 0.5) is 4.39 Å². The third-order valence-electron chi connectivity index (χ3n) is 24.4. The number of aromatic amines is 2. The molecule has 12 aromatic carbocycles. The molecule has 5 unspecified atom stereocenters. The average Bonchev–Trinajstić information content (AvgIpc) is 1.59. The summed E-state index contributed by atoms with van der Waals surface area (Å²) in [5.74, 6) is -1.72. The Hall–Kier alpha value is -13.8. The molecule has 2 aliphatic rings. The van der Waals surface area contributed by atoms with Gasteiger partial charge in [0.1, 0.15) is 46.1 Å². The molecule has 680 valence electrons. The van der Waals surface area contributed by atoms with Gasteiger partial charge in [0.05, 0.1) is 29.8 Å². The molecule has 0 spiro atoms. The minimum absolute atomic E-state index is 0.0156. The van der Waals surface area contributed by atoms with Gasteiger partial charge in [0, 0.05) is 127 Å². The number of aromatic nitrogens is 3. The van der Waals surface area contributed by atoms with Crippen LogP contribution in [0.2, 0.25) is 10.0 Å². The van der Waals surface area contributed by atoms with Gasteiger partial charge in [0.15, 0.2) is 11.6 Å². The van der Waals surface area contributed by atoms with E-state index in [2.05, 4.69) is 72.3 Å². The van der Waals surface area contributed by atoms with E-state index in [1.165, 1.54) is 58.8 Å². The number of aryl methyl sites for hydroxylation is 1. The number of benzene rings is 12. The number of nitrogens with one attached hydrogen (secondary N) is 2. The number of Topliss-reactive ketones (excluding diaryl/α,β-unsaturated/α-hetero) is 7. The van der Waals surface area contributed by atoms with Gasteiger partial charge in [-0.2, -0.15) is 0 Å². The number of rotatable bonds is 25. The predicted octanol–water partition coefficient (Wildman–Crippen LogP) is 26.6. The zero-order chi connectivity index (χ0) is 95.6. The van der Waals surface area contributed by atoms with E-state index in [1.54, 1.807) is 65.0 Å². The first-order valence-electron chi connectivity index (χ1n) is 44.9. The number of carboxylic acid groups (broad SMARTS) is 1. The van der Waals surface area contributed by atoms with Gasteiger partial charge in [0.2, 0.25) is 5.78 Å². The summed E-state index contributed by atoms with van der Waals surface area (Å²) in [6.07, 6.45) is 5.68. The van der Waals surface area contributed by atoms with E-state index in [-0.39, 0.29) is 75.4 Å². The van der Waals surface area contributed by atoms with Crippen LogP contribution in [0.3, 0.4) is 0 Å². The second kappa shape index (κ2) is 47.4.